The quantitative estimate of drug-likeness (QED) is 0.720. The Morgan fingerprint density at radius 2 is 2.22 bits per heavy atom. The molecule has 1 fully saturated rings. The molecule has 1 aromatic heterocycles. The molecule has 0 unspecified atom stereocenters. The number of rotatable bonds is 5. The second-order valence-corrected chi connectivity index (χ2v) is 4.89. The summed E-state index contributed by atoms with van der Waals surface area (Å²) in [6.07, 6.45) is 2.24. The molecule has 0 atom stereocenters. The molecule has 0 radical (unpaired) electrons. The monoisotopic (exact) mass is 249 g/mol. The third kappa shape index (κ3) is 3.58. The van der Waals surface area contributed by atoms with Crippen LogP contribution in [0.5, 0.6) is 0 Å². The van der Waals surface area contributed by atoms with Crippen molar-refractivity contribution in [2.75, 3.05) is 17.6 Å². The molecular weight excluding hydrogens is 230 g/mol. The van der Waals surface area contributed by atoms with Gasteiger partial charge in [-0.1, -0.05) is 0 Å². The van der Waals surface area contributed by atoms with Gasteiger partial charge in [0.05, 0.1) is 6.54 Å². The maximum absolute atomic E-state index is 11.5. The van der Waals surface area contributed by atoms with Crippen LogP contribution >= 0.6 is 0 Å². The molecule has 0 spiro atoms. The van der Waals surface area contributed by atoms with Crippen molar-refractivity contribution in [1.29, 1.82) is 0 Å². The number of nitrogens with two attached hydrogens (primary N) is 1. The second kappa shape index (κ2) is 5.20. The van der Waals surface area contributed by atoms with Crippen LogP contribution in [-0.4, -0.2) is 28.5 Å². The number of aromatic nitrogens is 2. The number of hydrogen-bond acceptors (Lipinski definition) is 5. The van der Waals surface area contributed by atoms with Crippen molar-refractivity contribution in [3.8, 4) is 0 Å². The molecule has 0 aromatic carbocycles. The molecule has 6 nitrogen and oxygen atoms in total. The highest BCUT2D eigenvalue weighted by molar-refractivity contribution is 5.80. The van der Waals surface area contributed by atoms with Crippen molar-refractivity contribution < 1.29 is 4.79 Å². The van der Waals surface area contributed by atoms with E-state index >= 15 is 0 Å². The number of carbonyl (C=O) groups excluding carboxylic acids is 1. The fraction of sp³-hybridized carbons (Fsp3) is 0.583. The fourth-order valence-electron chi connectivity index (χ4n) is 1.64. The number of anilines is 2. The molecule has 0 bridgehead atoms. The summed E-state index contributed by atoms with van der Waals surface area (Å²) in [5.74, 6) is 2.22. The summed E-state index contributed by atoms with van der Waals surface area (Å²) in [7, 11) is 0. The molecule has 1 aromatic rings. The number of amides is 1. The number of carbonyl (C=O) groups is 1. The predicted molar refractivity (Wildman–Crippen MR) is 70.2 cm³/mol. The number of nitrogens with one attached hydrogen (secondary N) is 2. The molecule has 18 heavy (non-hydrogen) atoms. The van der Waals surface area contributed by atoms with E-state index in [-0.39, 0.29) is 18.5 Å². The van der Waals surface area contributed by atoms with E-state index in [4.69, 9.17) is 5.73 Å². The lowest BCUT2D eigenvalue weighted by atomic mass is 10.3. The first-order chi connectivity index (χ1) is 8.54. The lowest BCUT2D eigenvalue weighted by molar-refractivity contribution is -0.119. The van der Waals surface area contributed by atoms with E-state index in [2.05, 4.69) is 20.6 Å². The summed E-state index contributed by atoms with van der Waals surface area (Å²) in [4.78, 5) is 20.1. The van der Waals surface area contributed by atoms with E-state index in [9.17, 15) is 4.79 Å². The topological polar surface area (TPSA) is 92.9 Å². The molecule has 1 aliphatic rings. The van der Waals surface area contributed by atoms with Crippen molar-refractivity contribution in [1.82, 2.24) is 15.3 Å². The van der Waals surface area contributed by atoms with E-state index in [1.54, 1.807) is 6.07 Å². The molecule has 0 aliphatic heterocycles. The van der Waals surface area contributed by atoms with Crippen LogP contribution in [0.15, 0.2) is 6.07 Å². The highest BCUT2D eigenvalue weighted by Crippen LogP contribution is 2.38. The summed E-state index contributed by atoms with van der Waals surface area (Å²) in [5, 5.41) is 5.77. The molecule has 1 saturated carbocycles. The van der Waals surface area contributed by atoms with Crippen LogP contribution in [0.3, 0.4) is 0 Å². The first-order valence-electron chi connectivity index (χ1n) is 6.22. The van der Waals surface area contributed by atoms with E-state index in [1.807, 2.05) is 13.8 Å². The zero-order valence-corrected chi connectivity index (χ0v) is 10.7. The Morgan fingerprint density at radius 1 is 1.50 bits per heavy atom. The number of hydrogen-bond donors (Lipinski definition) is 3. The van der Waals surface area contributed by atoms with Gasteiger partial charge < -0.3 is 16.4 Å². The molecule has 1 aliphatic carbocycles. The van der Waals surface area contributed by atoms with Crippen LogP contribution in [0.4, 0.5) is 11.6 Å². The van der Waals surface area contributed by atoms with Crippen LogP contribution in [0.25, 0.3) is 0 Å². The van der Waals surface area contributed by atoms with Crippen molar-refractivity contribution >= 4 is 17.5 Å². The van der Waals surface area contributed by atoms with Gasteiger partial charge >= 0.3 is 0 Å². The Labute approximate surface area is 106 Å². The lowest BCUT2D eigenvalue weighted by Gasteiger charge is -2.10. The van der Waals surface area contributed by atoms with Gasteiger partial charge in [-0.05, 0) is 26.7 Å². The van der Waals surface area contributed by atoms with Crippen LogP contribution in [-0.2, 0) is 4.79 Å². The number of nitrogens with zero attached hydrogens (tertiary/aromatic N) is 2. The fourth-order valence-corrected chi connectivity index (χ4v) is 1.64. The van der Waals surface area contributed by atoms with Gasteiger partial charge in [0.1, 0.15) is 17.5 Å². The van der Waals surface area contributed by atoms with Crippen LogP contribution in [0, 0.1) is 0 Å². The highest BCUT2D eigenvalue weighted by atomic mass is 16.1. The maximum atomic E-state index is 11.5. The highest BCUT2D eigenvalue weighted by Gasteiger charge is 2.27. The molecule has 6 heteroatoms. The van der Waals surface area contributed by atoms with Crippen LogP contribution < -0.4 is 16.4 Å². The lowest BCUT2D eigenvalue weighted by Crippen LogP contribution is -2.35. The zero-order valence-electron chi connectivity index (χ0n) is 10.7. The third-order valence-electron chi connectivity index (χ3n) is 2.59. The van der Waals surface area contributed by atoms with Crippen LogP contribution in [0.2, 0.25) is 0 Å². The Kier molecular flexibility index (Phi) is 3.64. The van der Waals surface area contributed by atoms with Gasteiger partial charge in [0.2, 0.25) is 5.91 Å². The molecule has 0 saturated heterocycles. The van der Waals surface area contributed by atoms with E-state index in [0.29, 0.717) is 17.6 Å². The Hall–Kier alpha value is -1.85. The summed E-state index contributed by atoms with van der Waals surface area (Å²) < 4.78 is 0. The average Bonchev–Trinajstić information content (AvgIpc) is 3.08. The minimum atomic E-state index is -0.0600. The largest absolute Gasteiger partial charge is 0.384 e. The van der Waals surface area contributed by atoms with Crippen molar-refractivity contribution in [2.24, 2.45) is 0 Å². The zero-order chi connectivity index (χ0) is 13.1. The van der Waals surface area contributed by atoms with Gasteiger partial charge in [-0.25, -0.2) is 9.97 Å². The Balaban J connectivity index is 1.94. The minimum absolute atomic E-state index is 0.0600. The Bertz CT molecular complexity index is 442. The second-order valence-electron chi connectivity index (χ2n) is 4.89. The third-order valence-corrected chi connectivity index (χ3v) is 2.59. The average molecular weight is 249 g/mol. The van der Waals surface area contributed by atoms with Gasteiger partial charge in [0.25, 0.3) is 0 Å². The van der Waals surface area contributed by atoms with Gasteiger partial charge in [-0.2, -0.15) is 0 Å². The standard InChI is InChI=1S/C12H19N5O/c1-7(2)15-11(18)6-14-10-5-9(13)16-12(17-10)8-3-4-8/h5,7-8H,3-4,6H2,1-2H3,(H,15,18)(H3,13,14,16,17). The van der Waals surface area contributed by atoms with E-state index in [1.165, 1.54) is 0 Å². The smallest absolute Gasteiger partial charge is 0.239 e. The maximum Gasteiger partial charge on any atom is 0.239 e. The van der Waals surface area contributed by atoms with Crippen molar-refractivity contribution in [3.05, 3.63) is 11.9 Å². The van der Waals surface area contributed by atoms with Crippen molar-refractivity contribution in [3.63, 3.8) is 0 Å². The number of nitrogen functional groups attached to an aromatic ring is 1. The normalized spacial score (nSPS) is 14.6. The molecule has 4 N–H and O–H groups in total. The summed E-state index contributed by atoms with van der Waals surface area (Å²) in [5.41, 5.74) is 5.72. The SMILES string of the molecule is CC(C)NC(=O)CNc1cc(N)nc(C2CC2)n1. The van der Waals surface area contributed by atoms with Crippen LogP contribution in [0.1, 0.15) is 38.4 Å². The minimum Gasteiger partial charge on any atom is -0.384 e. The first-order valence-corrected chi connectivity index (χ1v) is 6.22. The van der Waals surface area contributed by atoms with E-state index in [0.717, 1.165) is 18.7 Å². The molecular formula is C12H19N5O. The first kappa shape index (κ1) is 12.6. The van der Waals surface area contributed by atoms with Gasteiger partial charge in [-0.3, -0.25) is 4.79 Å². The van der Waals surface area contributed by atoms with E-state index < -0.39 is 0 Å². The van der Waals surface area contributed by atoms with Crippen molar-refractivity contribution in [2.45, 2.75) is 38.6 Å². The molecule has 1 heterocycles. The van der Waals surface area contributed by atoms with Gasteiger partial charge in [-0.15, -0.1) is 0 Å². The molecule has 1 amide bonds. The predicted octanol–water partition coefficient (Wildman–Crippen LogP) is 0.873. The van der Waals surface area contributed by atoms with Gasteiger partial charge in [0, 0.05) is 18.0 Å². The molecule has 98 valence electrons. The Morgan fingerprint density at radius 3 is 2.83 bits per heavy atom. The molecule has 2 rings (SSSR count). The summed E-state index contributed by atoms with van der Waals surface area (Å²) in [6, 6.07) is 1.78. The summed E-state index contributed by atoms with van der Waals surface area (Å²) in [6.45, 7) is 4.04. The van der Waals surface area contributed by atoms with Gasteiger partial charge in [0.15, 0.2) is 0 Å². The summed E-state index contributed by atoms with van der Waals surface area (Å²) >= 11 is 0.